The van der Waals surface area contributed by atoms with Gasteiger partial charge in [0.05, 0.1) is 5.92 Å². The lowest BCUT2D eigenvalue weighted by Crippen LogP contribution is -2.36. The highest BCUT2D eigenvalue weighted by Crippen LogP contribution is 2.24. The predicted octanol–water partition coefficient (Wildman–Crippen LogP) is 2.10. The van der Waals surface area contributed by atoms with Crippen molar-refractivity contribution < 1.29 is 9.90 Å². The number of anilines is 1. The lowest BCUT2D eigenvalue weighted by atomic mass is 9.96. The molecular formula is C15H22N2O2. The number of carboxylic acid groups (broad SMARTS) is 1. The summed E-state index contributed by atoms with van der Waals surface area (Å²) >= 11 is 0. The average molecular weight is 262 g/mol. The standard InChI is InChI=1S/C15H22N2O2/c1-2-16-11-12-4-3-5-14(10-12)17-8-6-13(7-9-17)15(18)19/h3-5,10,13,16H,2,6-9,11H2,1H3,(H,18,19). The Hall–Kier alpha value is -1.55. The second-order valence-electron chi connectivity index (χ2n) is 5.05. The van der Waals surface area contributed by atoms with E-state index in [1.807, 2.05) is 0 Å². The fourth-order valence-electron chi connectivity index (χ4n) is 2.52. The number of nitrogens with zero attached hydrogens (tertiary/aromatic N) is 1. The van der Waals surface area contributed by atoms with Crippen LogP contribution >= 0.6 is 0 Å². The van der Waals surface area contributed by atoms with E-state index in [1.165, 1.54) is 11.3 Å². The Kier molecular flexibility index (Phi) is 4.80. The molecule has 1 heterocycles. The second kappa shape index (κ2) is 6.57. The number of benzene rings is 1. The molecular weight excluding hydrogens is 240 g/mol. The summed E-state index contributed by atoms with van der Waals surface area (Å²) in [5.41, 5.74) is 2.49. The lowest BCUT2D eigenvalue weighted by Gasteiger charge is -2.32. The number of nitrogens with one attached hydrogen (secondary N) is 1. The first kappa shape index (κ1) is 13.9. The highest BCUT2D eigenvalue weighted by atomic mass is 16.4. The Balaban J connectivity index is 1.97. The molecule has 1 fully saturated rings. The van der Waals surface area contributed by atoms with Crippen LogP contribution in [-0.4, -0.2) is 30.7 Å². The van der Waals surface area contributed by atoms with Crippen LogP contribution in [0.15, 0.2) is 24.3 Å². The molecule has 0 atom stereocenters. The maximum absolute atomic E-state index is 10.9. The van der Waals surface area contributed by atoms with Crippen molar-refractivity contribution in [3.63, 3.8) is 0 Å². The van der Waals surface area contributed by atoms with E-state index in [2.05, 4.69) is 41.4 Å². The summed E-state index contributed by atoms with van der Waals surface area (Å²) < 4.78 is 0. The summed E-state index contributed by atoms with van der Waals surface area (Å²) in [6, 6.07) is 8.50. The minimum atomic E-state index is -0.652. The van der Waals surface area contributed by atoms with E-state index >= 15 is 0 Å². The van der Waals surface area contributed by atoms with Crippen LogP contribution in [0.5, 0.6) is 0 Å². The Labute approximate surface area is 114 Å². The van der Waals surface area contributed by atoms with Gasteiger partial charge in [-0.15, -0.1) is 0 Å². The van der Waals surface area contributed by atoms with Gasteiger partial charge in [0.25, 0.3) is 0 Å². The molecule has 2 N–H and O–H groups in total. The number of hydrogen-bond donors (Lipinski definition) is 2. The Morgan fingerprint density at radius 3 is 2.79 bits per heavy atom. The monoisotopic (exact) mass is 262 g/mol. The van der Waals surface area contributed by atoms with Gasteiger partial charge in [-0.25, -0.2) is 0 Å². The molecule has 1 aromatic carbocycles. The highest BCUT2D eigenvalue weighted by molar-refractivity contribution is 5.70. The molecule has 19 heavy (non-hydrogen) atoms. The third-order valence-electron chi connectivity index (χ3n) is 3.70. The summed E-state index contributed by atoms with van der Waals surface area (Å²) in [5.74, 6) is -0.818. The molecule has 104 valence electrons. The normalized spacial score (nSPS) is 16.6. The third-order valence-corrected chi connectivity index (χ3v) is 3.70. The molecule has 0 saturated carbocycles. The van der Waals surface area contributed by atoms with Crippen molar-refractivity contribution in [2.75, 3.05) is 24.5 Å². The fraction of sp³-hybridized carbons (Fsp3) is 0.533. The van der Waals surface area contributed by atoms with Gasteiger partial charge >= 0.3 is 5.97 Å². The Morgan fingerprint density at radius 1 is 1.42 bits per heavy atom. The van der Waals surface area contributed by atoms with Crippen LogP contribution in [-0.2, 0) is 11.3 Å². The number of carbonyl (C=O) groups is 1. The average Bonchev–Trinajstić information content (AvgIpc) is 2.45. The SMILES string of the molecule is CCNCc1cccc(N2CCC(C(=O)O)CC2)c1. The van der Waals surface area contributed by atoms with Gasteiger partial charge in [0.15, 0.2) is 0 Å². The maximum atomic E-state index is 10.9. The van der Waals surface area contributed by atoms with E-state index in [0.717, 1.165) is 39.0 Å². The summed E-state index contributed by atoms with van der Waals surface area (Å²) in [5, 5.41) is 12.3. The maximum Gasteiger partial charge on any atom is 0.306 e. The molecule has 0 aromatic heterocycles. The molecule has 0 amide bonds. The second-order valence-corrected chi connectivity index (χ2v) is 5.05. The highest BCUT2D eigenvalue weighted by Gasteiger charge is 2.24. The number of hydrogen-bond acceptors (Lipinski definition) is 3. The smallest absolute Gasteiger partial charge is 0.306 e. The van der Waals surface area contributed by atoms with Crippen molar-refractivity contribution in [2.24, 2.45) is 5.92 Å². The topological polar surface area (TPSA) is 52.6 Å². The van der Waals surface area contributed by atoms with E-state index in [0.29, 0.717) is 0 Å². The van der Waals surface area contributed by atoms with Crippen LogP contribution in [0, 0.1) is 5.92 Å². The first-order valence-electron chi connectivity index (χ1n) is 6.98. The van der Waals surface area contributed by atoms with Gasteiger partial charge in [0, 0.05) is 25.3 Å². The Bertz CT molecular complexity index is 426. The first-order chi connectivity index (χ1) is 9.20. The van der Waals surface area contributed by atoms with Crippen LogP contribution in [0.1, 0.15) is 25.3 Å². The van der Waals surface area contributed by atoms with Gasteiger partial charge in [0.1, 0.15) is 0 Å². The van der Waals surface area contributed by atoms with Crippen molar-refractivity contribution in [1.82, 2.24) is 5.32 Å². The molecule has 1 aliphatic rings. The zero-order valence-corrected chi connectivity index (χ0v) is 11.4. The van der Waals surface area contributed by atoms with E-state index in [1.54, 1.807) is 0 Å². The lowest BCUT2D eigenvalue weighted by molar-refractivity contribution is -0.142. The fourth-order valence-corrected chi connectivity index (χ4v) is 2.52. The molecule has 0 aliphatic carbocycles. The van der Waals surface area contributed by atoms with Crippen LogP contribution < -0.4 is 10.2 Å². The van der Waals surface area contributed by atoms with Crippen LogP contribution in [0.4, 0.5) is 5.69 Å². The molecule has 4 nitrogen and oxygen atoms in total. The summed E-state index contributed by atoms with van der Waals surface area (Å²) in [6.45, 7) is 5.62. The molecule has 1 aliphatic heterocycles. The number of piperidine rings is 1. The first-order valence-corrected chi connectivity index (χ1v) is 6.98. The summed E-state index contributed by atoms with van der Waals surface area (Å²) in [6.07, 6.45) is 1.49. The van der Waals surface area contributed by atoms with E-state index in [9.17, 15) is 4.79 Å². The van der Waals surface area contributed by atoms with Crippen molar-refractivity contribution in [3.05, 3.63) is 29.8 Å². The van der Waals surface area contributed by atoms with E-state index in [4.69, 9.17) is 5.11 Å². The van der Waals surface area contributed by atoms with Crippen molar-refractivity contribution in [3.8, 4) is 0 Å². The number of rotatable bonds is 5. The van der Waals surface area contributed by atoms with E-state index < -0.39 is 5.97 Å². The van der Waals surface area contributed by atoms with E-state index in [-0.39, 0.29) is 5.92 Å². The Morgan fingerprint density at radius 2 is 2.16 bits per heavy atom. The van der Waals surface area contributed by atoms with Gasteiger partial charge in [-0.1, -0.05) is 19.1 Å². The van der Waals surface area contributed by atoms with Crippen molar-refractivity contribution in [1.29, 1.82) is 0 Å². The van der Waals surface area contributed by atoms with Gasteiger partial charge in [-0.05, 0) is 37.1 Å². The van der Waals surface area contributed by atoms with Gasteiger partial charge in [-0.2, -0.15) is 0 Å². The van der Waals surface area contributed by atoms with Gasteiger partial charge in [0.2, 0.25) is 0 Å². The molecule has 0 unspecified atom stereocenters. The van der Waals surface area contributed by atoms with Gasteiger partial charge in [-0.3, -0.25) is 4.79 Å². The van der Waals surface area contributed by atoms with Crippen molar-refractivity contribution in [2.45, 2.75) is 26.3 Å². The largest absolute Gasteiger partial charge is 0.481 e. The predicted molar refractivity (Wildman–Crippen MR) is 76.4 cm³/mol. The molecule has 0 bridgehead atoms. The molecule has 2 rings (SSSR count). The zero-order chi connectivity index (χ0) is 13.7. The summed E-state index contributed by atoms with van der Waals surface area (Å²) in [7, 11) is 0. The number of carboxylic acids is 1. The van der Waals surface area contributed by atoms with Crippen molar-refractivity contribution >= 4 is 11.7 Å². The number of aliphatic carboxylic acids is 1. The molecule has 0 spiro atoms. The molecule has 0 radical (unpaired) electrons. The third kappa shape index (κ3) is 3.70. The molecule has 1 aromatic rings. The summed E-state index contributed by atoms with van der Waals surface area (Å²) in [4.78, 5) is 13.2. The molecule has 4 heteroatoms. The van der Waals surface area contributed by atoms with Crippen LogP contribution in [0.25, 0.3) is 0 Å². The zero-order valence-electron chi connectivity index (χ0n) is 11.4. The quantitative estimate of drug-likeness (QED) is 0.853. The van der Waals surface area contributed by atoms with Gasteiger partial charge < -0.3 is 15.3 Å². The molecule has 1 saturated heterocycles. The minimum absolute atomic E-state index is 0.166. The van der Waals surface area contributed by atoms with Crippen LogP contribution in [0.2, 0.25) is 0 Å². The van der Waals surface area contributed by atoms with Crippen LogP contribution in [0.3, 0.4) is 0 Å². The minimum Gasteiger partial charge on any atom is -0.481 e.